The van der Waals surface area contributed by atoms with Crippen LogP contribution in [0.1, 0.15) is 18.2 Å². The first-order valence-electron chi connectivity index (χ1n) is 12.0. The van der Waals surface area contributed by atoms with Crippen molar-refractivity contribution in [3.8, 4) is 5.75 Å². The molecule has 0 unspecified atom stereocenters. The molecule has 192 valence electrons. The quantitative estimate of drug-likeness (QED) is 0.275. The number of furan rings is 1. The fourth-order valence-corrected chi connectivity index (χ4v) is 4.24. The molecule has 0 spiro atoms. The first-order valence-corrected chi connectivity index (χ1v) is 12.0. The van der Waals surface area contributed by atoms with Gasteiger partial charge in [0, 0.05) is 22.7 Å². The lowest BCUT2D eigenvalue weighted by Gasteiger charge is -2.26. The molecule has 0 aliphatic carbocycles. The number of barbiturate groups is 1. The number of nitrogens with one attached hydrogen (secondary N) is 2. The second kappa shape index (κ2) is 10.5. The monoisotopic (exact) mass is 512 g/mol. The lowest BCUT2D eigenvalue weighted by Crippen LogP contribution is -2.54. The van der Waals surface area contributed by atoms with Crippen molar-refractivity contribution in [2.24, 2.45) is 0 Å². The first-order chi connectivity index (χ1) is 18.4. The molecule has 38 heavy (non-hydrogen) atoms. The Labute approximate surface area is 217 Å². The van der Waals surface area contributed by atoms with Gasteiger partial charge in [-0.3, -0.25) is 19.7 Å². The minimum absolute atomic E-state index is 0.0152. The van der Waals surface area contributed by atoms with Crippen molar-refractivity contribution in [3.05, 3.63) is 90.0 Å². The molecule has 1 aliphatic rings. The number of amides is 5. The highest BCUT2D eigenvalue weighted by Gasteiger charge is 2.37. The van der Waals surface area contributed by atoms with Gasteiger partial charge in [-0.15, -0.1) is 0 Å². The third kappa shape index (κ3) is 4.92. The predicted molar refractivity (Wildman–Crippen MR) is 139 cm³/mol. The fourth-order valence-electron chi connectivity index (χ4n) is 4.24. The third-order valence-corrected chi connectivity index (χ3v) is 5.98. The molecule has 1 saturated heterocycles. The molecular weight excluding hydrogens is 488 g/mol. The number of hydrogen-bond acceptors (Lipinski definition) is 6. The average molecular weight is 513 g/mol. The minimum atomic E-state index is -0.836. The van der Waals surface area contributed by atoms with Crippen LogP contribution in [0.2, 0.25) is 0 Å². The third-order valence-electron chi connectivity index (χ3n) is 5.98. The molecule has 10 heteroatoms. The summed E-state index contributed by atoms with van der Waals surface area (Å²) in [6.45, 7) is 2.60. The van der Waals surface area contributed by atoms with Gasteiger partial charge >= 0.3 is 6.03 Å². The number of fused-ring (bicyclic) bond motifs is 1. The van der Waals surface area contributed by atoms with Crippen LogP contribution in [-0.4, -0.2) is 34.9 Å². The zero-order valence-corrected chi connectivity index (χ0v) is 20.5. The Hall–Kier alpha value is -5.12. The number of para-hydroxylation sites is 1. The van der Waals surface area contributed by atoms with Crippen LogP contribution in [0.4, 0.5) is 10.5 Å². The topological polar surface area (TPSA) is 123 Å². The zero-order valence-electron chi connectivity index (χ0n) is 20.5. The smallest absolute Gasteiger partial charge is 0.335 e. The van der Waals surface area contributed by atoms with Gasteiger partial charge in [0.2, 0.25) is 5.91 Å². The summed E-state index contributed by atoms with van der Waals surface area (Å²) >= 11 is 0. The van der Waals surface area contributed by atoms with E-state index in [2.05, 4.69) is 10.6 Å². The van der Waals surface area contributed by atoms with Crippen molar-refractivity contribution in [1.82, 2.24) is 15.2 Å². The van der Waals surface area contributed by atoms with E-state index in [0.717, 1.165) is 15.8 Å². The van der Waals surface area contributed by atoms with Gasteiger partial charge in [-0.05, 0) is 55.5 Å². The normalized spacial score (nSPS) is 14.7. The van der Waals surface area contributed by atoms with Crippen LogP contribution in [0.5, 0.6) is 5.75 Å². The molecule has 0 radical (unpaired) electrons. The van der Waals surface area contributed by atoms with Crippen LogP contribution in [0.3, 0.4) is 0 Å². The number of urea groups is 1. The summed E-state index contributed by atoms with van der Waals surface area (Å²) in [7, 11) is 0. The maximum absolute atomic E-state index is 13.3. The standard InChI is InChI=1S/C28H24N4O6/c1-2-37-20-11-9-19(10-12-20)32-27(35)23(26(34)30-28(32)36)14-18-16-31(24-8-4-3-7-22(18)24)17-25(33)29-15-21-6-5-13-38-21/h3-14,16H,2,15,17H2,1H3,(H,29,33)(H,30,34,36)/b23-14+. The molecule has 1 fully saturated rings. The number of carbonyl (C=O) groups excluding carboxylic acids is 4. The molecule has 4 aromatic rings. The number of carbonyl (C=O) groups is 4. The van der Waals surface area contributed by atoms with E-state index in [9.17, 15) is 19.2 Å². The van der Waals surface area contributed by atoms with E-state index in [0.29, 0.717) is 29.4 Å². The number of nitrogens with zero attached hydrogens (tertiary/aromatic N) is 2. The van der Waals surface area contributed by atoms with Crippen LogP contribution in [0, 0.1) is 0 Å². The van der Waals surface area contributed by atoms with Crippen molar-refractivity contribution < 1.29 is 28.3 Å². The van der Waals surface area contributed by atoms with Crippen LogP contribution < -0.4 is 20.3 Å². The maximum atomic E-state index is 13.3. The number of rotatable bonds is 8. The summed E-state index contributed by atoms with van der Waals surface area (Å²) in [6.07, 6.45) is 4.67. The van der Waals surface area contributed by atoms with Gasteiger partial charge < -0.3 is 19.0 Å². The number of anilines is 1. The second-order valence-corrected chi connectivity index (χ2v) is 8.47. The predicted octanol–water partition coefficient (Wildman–Crippen LogP) is 3.62. The molecule has 1 aliphatic heterocycles. The maximum Gasteiger partial charge on any atom is 0.335 e. The number of hydrogen-bond donors (Lipinski definition) is 2. The first kappa shape index (κ1) is 24.6. The SMILES string of the molecule is CCOc1ccc(N2C(=O)NC(=O)/C(=C\c3cn(CC(=O)NCc4ccco4)c4ccccc34)C2=O)cc1. The molecule has 10 nitrogen and oxygen atoms in total. The van der Waals surface area contributed by atoms with E-state index < -0.39 is 17.8 Å². The number of aromatic nitrogens is 1. The number of benzene rings is 2. The Morgan fingerprint density at radius 3 is 2.58 bits per heavy atom. The summed E-state index contributed by atoms with van der Waals surface area (Å²) in [5.41, 5.74) is 1.39. The summed E-state index contributed by atoms with van der Waals surface area (Å²) in [6, 6.07) is 16.4. The molecule has 0 atom stereocenters. The van der Waals surface area contributed by atoms with Gasteiger partial charge in [0.05, 0.1) is 25.1 Å². The van der Waals surface area contributed by atoms with E-state index in [-0.39, 0.29) is 24.6 Å². The highest BCUT2D eigenvalue weighted by Crippen LogP contribution is 2.27. The molecule has 5 amide bonds. The molecule has 0 saturated carbocycles. The highest BCUT2D eigenvalue weighted by molar-refractivity contribution is 6.39. The molecule has 0 bridgehead atoms. The van der Waals surface area contributed by atoms with Gasteiger partial charge in [-0.25, -0.2) is 9.69 Å². The van der Waals surface area contributed by atoms with Crippen molar-refractivity contribution in [1.29, 1.82) is 0 Å². The van der Waals surface area contributed by atoms with Crippen LogP contribution in [-0.2, 0) is 27.5 Å². The van der Waals surface area contributed by atoms with Crippen molar-refractivity contribution in [2.45, 2.75) is 20.0 Å². The lowest BCUT2D eigenvalue weighted by atomic mass is 10.1. The number of ether oxygens (including phenoxy) is 1. The van der Waals surface area contributed by atoms with Gasteiger partial charge in [-0.2, -0.15) is 0 Å². The van der Waals surface area contributed by atoms with Gasteiger partial charge in [-0.1, -0.05) is 18.2 Å². The van der Waals surface area contributed by atoms with E-state index in [1.807, 2.05) is 31.2 Å². The molecule has 2 aromatic carbocycles. The molecule has 2 N–H and O–H groups in total. The van der Waals surface area contributed by atoms with E-state index in [1.165, 1.54) is 12.3 Å². The van der Waals surface area contributed by atoms with Crippen molar-refractivity contribution >= 4 is 46.4 Å². The Balaban J connectivity index is 1.43. The zero-order chi connectivity index (χ0) is 26.6. The van der Waals surface area contributed by atoms with Crippen LogP contribution in [0.15, 0.2) is 83.1 Å². The Kier molecular flexibility index (Phi) is 6.77. The van der Waals surface area contributed by atoms with Gasteiger partial charge in [0.15, 0.2) is 0 Å². The largest absolute Gasteiger partial charge is 0.494 e. The Bertz CT molecular complexity index is 1550. The second-order valence-electron chi connectivity index (χ2n) is 8.47. The average Bonchev–Trinajstić information content (AvgIpc) is 3.55. The van der Waals surface area contributed by atoms with Crippen LogP contribution >= 0.6 is 0 Å². The molecule has 3 heterocycles. The van der Waals surface area contributed by atoms with Crippen molar-refractivity contribution in [2.75, 3.05) is 11.5 Å². The summed E-state index contributed by atoms with van der Waals surface area (Å²) in [5, 5.41) is 5.78. The van der Waals surface area contributed by atoms with E-state index >= 15 is 0 Å². The Morgan fingerprint density at radius 2 is 1.84 bits per heavy atom. The van der Waals surface area contributed by atoms with E-state index in [4.69, 9.17) is 9.15 Å². The minimum Gasteiger partial charge on any atom is -0.494 e. The number of imide groups is 2. The Morgan fingerprint density at radius 1 is 1.05 bits per heavy atom. The fraction of sp³-hybridized carbons (Fsp3) is 0.143. The van der Waals surface area contributed by atoms with Crippen molar-refractivity contribution in [3.63, 3.8) is 0 Å². The summed E-state index contributed by atoms with van der Waals surface area (Å²) < 4.78 is 12.4. The van der Waals surface area contributed by atoms with Gasteiger partial charge in [0.25, 0.3) is 11.8 Å². The highest BCUT2D eigenvalue weighted by atomic mass is 16.5. The van der Waals surface area contributed by atoms with Crippen LogP contribution in [0.25, 0.3) is 17.0 Å². The molecule has 2 aromatic heterocycles. The molecular formula is C28H24N4O6. The lowest BCUT2D eigenvalue weighted by molar-refractivity contribution is -0.123. The molecule has 5 rings (SSSR count). The summed E-state index contributed by atoms with van der Waals surface area (Å²) in [4.78, 5) is 52.1. The summed E-state index contributed by atoms with van der Waals surface area (Å²) in [5.74, 6) is -0.560. The van der Waals surface area contributed by atoms with E-state index in [1.54, 1.807) is 47.2 Å². The van der Waals surface area contributed by atoms with Gasteiger partial charge in [0.1, 0.15) is 23.6 Å².